The molecule has 0 aliphatic heterocycles. The van der Waals surface area contributed by atoms with Crippen molar-refractivity contribution in [2.45, 2.75) is 0 Å². The second-order valence-corrected chi connectivity index (χ2v) is 5.02. The first-order chi connectivity index (χ1) is 7.83. The lowest BCUT2D eigenvalue weighted by atomic mass is 10.0. The molecule has 0 fully saturated rings. The van der Waals surface area contributed by atoms with Crippen LogP contribution in [0.5, 0.6) is 0 Å². The molecular formula is C13H9NS2. The van der Waals surface area contributed by atoms with E-state index < -0.39 is 0 Å². The highest BCUT2D eigenvalue weighted by molar-refractivity contribution is 7.12. The molecule has 16 heavy (non-hydrogen) atoms. The highest BCUT2D eigenvalue weighted by Crippen LogP contribution is 2.34. The van der Waals surface area contributed by atoms with E-state index in [1.807, 2.05) is 35.0 Å². The molecule has 0 amide bonds. The van der Waals surface area contributed by atoms with E-state index in [2.05, 4.69) is 12.6 Å². The van der Waals surface area contributed by atoms with Crippen LogP contribution in [0, 0.1) is 11.3 Å². The molecular weight excluding hydrogens is 234 g/mol. The van der Waals surface area contributed by atoms with Gasteiger partial charge in [0.05, 0.1) is 6.07 Å². The fourth-order valence-corrected chi connectivity index (χ4v) is 2.87. The minimum absolute atomic E-state index is 0.916. The molecule has 0 aromatic carbocycles. The maximum atomic E-state index is 8.82. The number of nitrogens with zero attached hydrogens (tertiary/aromatic N) is 1. The Morgan fingerprint density at radius 2 is 1.81 bits per heavy atom. The summed E-state index contributed by atoms with van der Waals surface area (Å²) in [5.41, 5.74) is 1.83. The van der Waals surface area contributed by atoms with Crippen molar-refractivity contribution in [3.8, 4) is 6.07 Å². The van der Waals surface area contributed by atoms with Crippen LogP contribution in [-0.4, -0.2) is 0 Å². The Hall–Kier alpha value is -1.63. The third-order valence-corrected chi connectivity index (χ3v) is 3.97. The van der Waals surface area contributed by atoms with Gasteiger partial charge in [0.15, 0.2) is 0 Å². The predicted molar refractivity (Wildman–Crippen MR) is 71.3 cm³/mol. The van der Waals surface area contributed by atoms with Crippen molar-refractivity contribution in [3.05, 3.63) is 57.4 Å². The van der Waals surface area contributed by atoms with E-state index in [0.29, 0.717) is 0 Å². The number of hydrogen-bond acceptors (Lipinski definition) is 3. The van der Waals surface area contributed by atoms with Crippen LogP contribution in [0.4, 0.5) is 0 Å². The van der Waals surface area contributed by atoms with Gasteiger partial charge in [-0.05, 0) is 28.5 Å². The van der Waals surface area contributed by atoms with Crippen molar-refractivity contribution < 1.29 is 0 Å². The van der Waals surface area contributed by atoms with Gasteiger partial charge in [-0.25, -0.2) is 0 Å². The SMILES string of the molecule is C=C(C(=CC#N)c1cccs1)c1cccs1. The van der Waals surface area contributed by atoms with Crippen molar-refractivity contribution in [1.29, 1.82) is 5.26 Å². The quantitative estimate of drug-likeness (QED) is 0.578. The molecule has 2 rings (SSSR count). The highest BCUT2D eigenvalue weighted by Gasteiger charge is 2.09. The van der Waals surface area contributed by atoms with Gasteiger partial charge in [-0.1, -0.05) is 18.7 Å². The van der Waals surface area contributed by atoms with E-state index >= 15 is 0 Å². The Balaban J connectivity index is 2.40. The normalized spacial score (nSPS) is 11.1. The summed E-state index contributed by atoms with van der Waals surface area (Å²) in [6.07, 6.45) is 1.56. The second kappa shape index (κ2) is 4.93. The Morgan fingerprint density at radius 3 is 2.31 bits per heavy atom. The predicted octanol–water partition coefficient (Wildman–Crippen LogP) is 4.43. The summed E-state index contributed by atoms with van der Waals surface area (Å²) in [7, 11) is 0. The molecule has 2 aromatic heterocycles. The Morgan fingerprint density at radius 1 is 1.19 bits per heavy atom. The lowest BCUT2D eigenvalue weighted by molar-refractivity contribution is 1.53. The van der Waals surface area contributed by atoms with Crippen LogP contribution < -0.4 is 0 Å². The van der Waals surface area contributed by atoms with Crippen LogP contribution in [0.25, 0.3) is 11.1 Å². The molecule has 0 N–H and O–H groups in total. The molecule has 0 unspecified atom stereocenters. The fourth-order valence-electron chi connectivity index (χ4n) is 1.39. The fraction of sp³-hybridized carbons (Fsp3) is 0. The summed E-state index contributed by atoms with van der Waals surface area (Å²) in [4.78, 5) is 2.19. The third kappa shape index (κ3) is 2.13. The second-order valence-electron chi connectivity index (χ2n) is 3.12. The molecule has 2 aromatic rings. The Kier molecular flexibility index (Phi) is 3.35. The zero-order valence-electron chi connectivity index (χ0n) is 8.51. The standard InChI is InChI=1S/C13H9NS2/c1-10(12-4-2-8-15-12)11(6-7-14)13-5-3-9-16-13/h2-6,8-9H,1H2. The van der Waals surface area contributed by atoms with Crippen molar-refractivity contribution in [2.24, 2.45) is 0 Å². The summed E-state index contributed by atoms with van der Waals surface area (Å²) in [5, 5.41) is 12.8. The number of hydrogen-bond donors (Lipinski definition) is 0. The van der Waals surface area contributed by atoms with E-state index in [0.717, 1.165) is 20.9 Å². The van der Waals surface area contributed by atoms with Crippen LogP contribution >= 0.6 is 22.7 Å². The molecule has 0 bridgehead atoms. The topological polar surface area (TPSA) is 23.8 Å². The van der Waals surface area contributed by atoms with E-state index in [1.54, 1.807) is 28.7 Å². The highest BCUT2D eigenvalue weighted by atomic mass is 32.1. The van der Waals surface area contributed by atoms with Gasteiger partial charge in [-0.2, -0.15) is 5.26 Å². The van der Waals surface area contributed by atoms with Gasteiger partial charge < -0.3 is 0 Å². The van der Waals surface area contributed by atoms with Crippen LogP contribution in [-0.2, 0) is 0 Å². The number of allylic oxidation sites excluding steroid dienone is 3. The van der Waals surface area contributed by atoms with E-state index in [9.17, 15) is 0 Å². The Bertz CT molecular complexity index is 539. The van der Waals surface area contributed by atoms with Crippen molar-refractivity contribution in [2.75, 3.05) is 0 Å². The molecule has 0 aliphatic carbocycles. The van der Waals surface area contributed by atoms with Crippen molar-refractivity contribution >= 4 is 33.8 Å². The van der Waals surface area contributed by atoms with Crippen molar-refractivity contribution in [1.82, 2.24) is 0 Å². The van der Waals surface area contributed by atoms with Crippen LogP contribution in [0.3, 0.4) is 0 Å². The Labute approximate surface area is 103 Å². The van der Waals surface area contributed by atoms with Gasteiger partial charge in [0.2, 0.25) is 0 Å². The van der Waals surface area contributed by atoms with E-state index in [-0.39, 0.29) is 0 Å². The van der Waals surface area contributed by atoms with Crippen LogP contribution in [0.1, 0.15) is 9.75 Å². The third-order valence-electron chi connectivity index (χ3n) is 2.14. The molecule has 0 radical (unpaired) electrons. The van der Waals surface area contributed by atoms with Gasteiger partial charge >= 0.3 is 0 Å². The maximum Gasteiger partial charge on any atom is 0.0919 e. The molecule has 3 heteroatoms. The maximum absolute atomic E-state index is 8.82. The van der Waals surface area contributed by atoms with Crippen LogP contribution in [0.2, 0.25) is 0 Å². The van der Waals surface area contributed by atoms with E-state index in [1.165, 1.54) is 0 Å². The average molecular weight is 243 g/mol. The van der Waals surface area contributed by atoms with Gasteiger partial charge in [0.25, 0.3) is 0 Å². The summed E-state index contributed by atoms with van der Waals surface area (Å²) in [6.45, 7) is 4.07. The first kappa shape index (κ1) is 10.9. The molecule has 0 atom stereocenters. The molecule has 0 saturated heterocycles. The number of rotatable bonds is 3. The summed E-state index contributed by atoms with van der Waals surface area (Å²) in [6, 6.07) is 10.1. The zero-order valence-corrected chi connectivity index (χ0v) is 10.1. The largest absolute Gasteiger partial charge is 0.193 e. The minimum atomic E-state index is 0.916. The van der Waals surface area contributed by atoms with Gasteiger partial charge in [-0.15, -0.1) is 22.7 Å². The van der Waals surface area contributed by atoms with Crippen LogP contribution in [0.15, 0.2) is 47.7 Å². The first-order valence-corrected chi connectivity index (χ1v) is 6.45. The van der Waals surface area contributed by atoms with Gasteiger partial charge in [-0.3, -0.25) is 0 Å². The van der Waals surface area contributed by atoms with Gasteiger partial charge in [0, 0.05) is 21.4 Å². The minimum Gasteiger partial charge on any atom is -0.193 e. The monoisotopic (exact) mass is 243 g/mol. The number of nitriles is 1. The van der Waals surface area contributed by atoms with Gasteiger partial charge in [0.1, 0.15) is 0 Å². The lowest BCUT2D eigenvalue weighted by Gasteiger charge is -2.05. The molecule has 0 saturated carbocycles. The van der Waals surface area contributed by atoms with E-state index in [4.69, 9.17) is 5.26 Å². The summed E-state index contributed by atoms with van der Waals surface area (Å²) < 4.78 is 0. The molecule has 1 nitrogen and oxygen atoms in total. The molecule has 0 spiro atoms. The smallest absolute Gasteiger partial charge is 0.0919 e. The molecule has 78 valence electrons. The first-order valence-electron chi connectivity index (χ1n) is 4.69. The molecule has 2 heterocycles. The summed E-state index contributed by atoms with van der Waals surface area (Å²) >= 11 is 3.26. The zero-order chi connectivity index (χ0) is 11.4. The molecule has 0 aliphatic rings. The average Bonchev–Trinajstić information content (AvgIpc) is 2.96. The lowest BCUT2D eigenvalue weighted by Crippen LogP contribution is -1.83. The van der Waals surface area contributed by atoms with Crippen molar-refractivity contribution in [3.63, 3.8) is 0 Å². The number of thiophene rings is 2. The summed E-state index contributed by atoms with van der Waals surface area (Å²) in [5.74, 6) is 0.